The topological polar surface area (TPSA) is 57.9 Å². The quantitative estimate of drug-likeness (QED) is 0.695. The lowest BCUT2D eigenvalue weighted by molar-refractivity contribution is 0.306. The Bertz CT molecular complexity index is 882. The molecule has 0 radical (unpaired) electrons. The molecule has 0 spiro atoms. The number of aryl methyl sites for hydroxylation is 1. The third kappa shape index (κ3) is 5.15. The van der Waals surface area contributed by atoms with Gasteiger partial charge < -0.3 is 10.1 Å². The van der Waals surface area contributed by atoms with Crippen molar-refractivity contribution < 1.29 is 4.74 Å². The Kier molecular flexibility index (Phi) is 5.78. The molecule has 1 aromatic heterocycles. The Hall–Kier alpha value is -2.68. The highest BCUT2D eigenvalue weighted by atomic mass is 32.1. The number of nitriles is 1. The van der Waals surface area contributed by atoms with E-state index in [2.05, 4.69) is 27.8 Å². The van der Waals surface area contributed by atoms with Crippen LogP contribution >= 0.6 is 11.3 Å². The summed E-state index contributed by atoms with van der Waals surface area (Å²) in [6.07, 6.45) is 0. The molecule has 0 aliphatic rings. The van der Waals surface area contributed by atoms with Crippen LogP contribution < -0.4 is 10.1 Å². The average molecular weight is 349 g/mol. The molecule has 3 rings (SSSR count). The monoisotopic (exact) mass is 349 g/mol. The van der Waals surface area contributed by atoms with Crippen molar-refractivity contribution in [3.63, 3.8) is 0 Å². The minimum absolute atomic E-state index is 0.449. The number of hydrogen-bond acceptors (Lipinski definition) is 5. The van der Waals surface area contributed by atoms with Gasteiger partial charge in [0.1, 0.15) is 17.4 Å². The highest BCUT2D eigenvalue weighted by Gasteiger charge is 2.01. The lowest BCUT2D eigenvalue weighted by Crippen LogP contribution is -2.12. The first-order valence-electron chi connectivity index (χ1n) is 8.05. The maximum absolute atomic E-state index is 8.95. The SMILES string of the molecule is Cc1csc(CNCc2cccc(OCc3cccc(C#N)c3)c2)n1. The fourth-order valence-electron chi connectivity index (χ4n) is 2.44. The van der Waals surface area contributed by atoms with Crippen LogP contribution in [0.2, 0.25) is 0 Å². The molecular weight excluding hydrogens is 330 g/mol. The molecule has 0 aliphatic carbocycles. The molecule has 0 saturated heterocycles. The Morgan fingerprint density at radius 3 is 2.76 bits per heavy atom. The minimum Gasteiger partial charge on any atom is -0.489 e. The van der Waals surface area contributed by atoms with E-state index in [-0.39, 0.29) is 0 Å². The predicted octanol–water partition coefficient (Wildman–Crippen LogP) is 4.19. The molecule has 0 unspecified atom stereocenters. The van der Waals surface area contributed by atoms with Gasteiger partial charge in [-0.2, -0.15) is 5.26 Å². The summed E-state index contributed by atoms with van der Waals surface area (Å²) in [5, 5.41) is 15.5. The van der Waals surface area contributed by atoms with Gasteiger partial charge in [0.2, 0.25) is 0 Å². The van der Waals surface area contributed by atoms with Crippen LogP contribution in [-0.2, 0) is 19.7 Å². The summed E-state index contributed by atoms with van der Waals surface area (Å²) >= 11 is 1.68. The Balaban J connectivity index is 1.53. The van der Waals surface area contributed by atoms with Gasteiger partial charge in [-0.25, -0.2) is 4.98 Å². The molecular formula is C20H19N3OS. The van der Waals surface area contributed by atoms with Crippen LogP contribution in [0.4, 0.5) is 0 Å². The Morgan fingerprint density at radius 1 is 1.12 bits per heavy atom. The molecule has 0 saturated carbocycles. The number of aromatic nitrogens is 1. The van der Waals surface area contributed by atoms with Gasteiger partial charge in [0.25, 0.3) is 0 Å². The molecule has 4 nitrogen and oxygen atoms in total. The van der Waals surface area contributed by atoms with Crippen molar-refractivity contribution >= 4 is 11.3 Å². The first-order chi connectivity index (χ1) is 12.2. The zero-order chi connectivity index (χ0) is 17.5. The zero-order valence-corrected chi connectivity index (χ0v) is 14.8. The van der Waals surface area contributed by atoms with Gasteiger partial charge in [0.15, 0.2) is 0 Å². The third-order valence-electron chi connectivity index (χ3n) is 3.63. The lowest BCUT2D eigenvalue weighted by Gasteiger charge is -2.09. The van der Waals surface area contributed by atoms with E-state index in [0.29, 0.717) is 12.2 Å². The fourth-order valence-corrected chi connectivity index (χ4v) is 3.18. The smallest absolute Gasteiger partial charge is 0.120 e. The van der Waals surface area contributed by atoms with E-state index in [1.807, 2.05) is 43.3 Å². The van der Waals surface area contributed by atoms with Crippen molar-refractivity contribution in [2.45, 2.75) is 26.6 Å². The summed E-state index contributed by atoms with van der Waals surface area (Å²) in [7, 11) is 0. The molecule has 5 heteroatoms. The number of hydrogen-bond donors (Lipinski definition) is 1. The fraction of sp³-hybridized carbons (Fsp3) is 0.200. The molecule has 1 N–H and O–H groups in total. The Morgan fingerprint density at radius 2 is 1.96 bits per heavy atom. The number of nitrogens with zero attached hydrogens (tertiary/aromatic N) is 2. The molecule has 3 aromatic rings. The van der Waals surface area contributed by atoms with E-state index in [1.165, 1.54) is 0 Å². The zero-order valence-electron chi connectivity index (χ0n) is 14.0. The summed E-state index contributed by atoms with van der Waals surface area (Å²) in [5.74, 6) is 0.826. The van der Waals surface area contributed by atoms with Gasteiger partial charge in [-0.15, -0.1) is 11.3 Å². The van der Waals surface area contributed by atoms with Gasteiger partial charge in [0, 0.05) is 24.2 Å². The highest BCUT2D eigenvalue weighted by molar-refractivity contribution is 7.09. The molecule has 0 aliphatic heterocycles. The highest BCUT2D eigenvalue weighted by Crippen LogP contribution is 2.16. The van der Waals surface area contributed by atoms with Crippen LogP contribution in [0.1, 0.15) is 27.4 Å². The van der Waals surface area contributed by atoms with E-state index in [0.717, 1.165) is 40.7 Å². The maximum atomic E-state index is 8.95. The molecule has 126 valence electrons. The van der Waals surface area contributed by atoms with Crippen molar-refractivity contribution in [3.8, 4) is 11.8 Å². The van der Waals surface area contributed by atoms with Crippen LogP contribution in [0, 0.1) is 18.3 Å². The van der Waals surface area contributed by atoms with Gasteiger partial charge in [-0.05, 0) is 42.3 Å². The van der Waals surface area contributed by atoms with Crippen LogP contribution in [0.3, 0.4) is 0 Å². The summed E-state index contributed by atoms with van der Waals surface area (Å²) < 4.78 is 5.85. The summed E-state index contributed by atoms with van der Waals surface area (Å²) in [4.78, 5) is 4.44. The second kappa shape index (κ2) is 8.43. The number of ether oxygens (including phenoxy) is 1. The standard InChI is InChI=1S/C20H19N3OS/c1-15-14-25-20(23-15)12-22-11-17-5-3-7-19(9-17)24-13-18-6-2-4-16(8-18)10-21/h2-9,14,22H,11-13H2,1H3. The number of thiazole rings is 1. The normalized spacial score (nSPS) is 10.4. The van der Waals surface area contributed by atoms with Crippen LogP contribution in [0.15, 0.2) is 53.9 Å². The molecule has 2 aromatic carbocycles. The van der Waals surface area contributed by atoms with Crippen molar-refractivity contribution in [2.75, 3.05) is 0 Å². The number of benzene rings is 2. The number of rotatable bonds is 7. The minimum atomic E-state index is 0.449. The van der Waals surface area contributed by atoms with Crippen molar-refractivity contribution in [2.24, 2.45) is 0 Å². The summed E-state index contributed by atoms with van der Waals surface area (Å²) in [6, 6.07) is 17.7. The summed E-state index contributed by atoms with van der Waals surface area (Å²) in [6.45, 7) is 3.99. The van der Waals surface area contributed by atoms with Crippen molar-refractivity contribution in [3.05, 3.63) is 81.3 Å². The molecule has 25 heavy (non-hydrogen) atoms. The average Bonchev–Trinajstić information content (AvgIpc) is 3.06. The van der Waals surface area contributed by atoms with Crippen molar-refractivity contribution in [1.29, 1.82) is 5.26 Å². The molecule has 0 fully saturated rings. The molecule has 0 atom stereocenters. The van der Waals surface area contributed by atoms with E-state index < -0.39 is 0 Å². The second-order valence-electron chi connectivity index (χ2n) is 5.73. The van der Waals surface area contributed by atoms with Gasteiger partial charge in [0.05, 0.1) is 11.6 Å². The van der Waals surface area contributed by atoms with Gasteiger partial charge in [-0.3, -0.25) is 0 Å². The molecule has 0 bridgehead atoms. The van der Waals surface area contributed by atoms with E-state index in [4.69, 9.17) is 10.00 Å². The van der Waals surface area contributed by atoms with Crippen molar-refractivity contribution in [1.82, 2.24) is 10.3 Å². The van der Waals surface area contributed by atoms with E-state index >= 15 is 0 Å². The summed E-state index contributed by atoms with van der Waals surface area (Å²) in [5.41, 5.74) is 3.87. The van der Waals surface area contributed by atoms with Crippen LogP contribution in [-0.4, -0.2) is 4.98 Å². The maximum Gasteiger partial charge on any atom is 0.120 e. The van der Waals surface area contributed by atoms with Gasteiger partial charge >= 0.3 is 0 Å². The molecule has 1 heterocycles. The van der Waals surface area contributed by atoms with Gasteiger partial charge in [-0.1, -0.05) is 24.3 Å². The van der Waals surface area contributed by atoms with E-state index in [9.17, 15) is 0 Å². The lowest BCUT2D eigenvalue weighted by atomic mass is 10.1. The third-order valence-corrected chi connectivity index (χ3v) is 4.60. The van der Waals surface area contributed by atoms with E-state index in [1.54, 1.807) is 17.4 Å². The Labute approximate surface area is 151 Å². The molecule has 0 amide bonds. The predicted molar refractivity (Wildman–Crippen MR) is 99.3 cm³/mol. The number of nitrogens with one attached hydrogen (secondary N) is 1. The largest absolute Gasteiger partial charge is 0.489 e. The van der Waals surface area contributed by atoms with Crippen LogP contribution in [0.25, 0.3) is 0 Å². The first-order valence-corrected chi connectivity index (χ1v) is 8.93. The second-order valence-corrected chi connectivity index (χ2v) is 6.68. The van der Waals surface area contributed by atoms with Crippen LogP contribution in [0.5, 0.6) is 5.75 Å². The first kappa shape index (κ1) is 17.2.